The SMILES string of the molecule is CCC(NC(=O)/C=C/c1ccc([N+](=O)[O-])cc1)c1ccc(OC)c(OC)c1. The minimum Gasteiger partial charge on any atom is -0.493 e. The molecule has 2 rings (SSSR count). The lowest BCUT2D eigenvalue weighted by Gasteiger charge is -2.18. The van der Waals surface area contributed by atoms with Gasteiger partial charge in [0.2, 0.25) is 5.91 Å². The van der Waals surface area contributed by atoms with Gasteiger partial charge in [-0.3, -0.25) is 14.9 Å². The summed E-state index contributed by atoms with van der Waals surface area (Å²) in [5.74, 6) is 0.972. The number of nitrogens with one attached hydrogen (secondary N) is 1. The van der Waals surface area contributed by atoms with Crippen LogP contribution < -0.4 is 14.8 Å². The summed E-state index contributed by atoms with van der Waals surface area (Å²) in [7, 11) is 3.13. The monoisotopic (exact) mass is 370 g/mol. The first-order valence-electron chi connectivity index (χ1n) is 8.43. The number of hydrogen-bond donors (Lipinski definition) is 1. The van der Waals surface area contributed by atoms with Crippen molar-refractivity contribution < 1.29 is 19.2 Å². The quantitative estimate of drug-likeness (QED) is 0.432. The largest absolute Gasteiger partial charge is 0.493 e. The molecule has 2 aromatic rings. The maximum atomic E-state index is 12.2. The Labute approximate surface area is 157 Å². The molecule has 0 aliphatic heterocycles. The highest BCUT2D eigenvalue weighted by molar-refractivity contribution is 5.92. The average Bonchev–Trinajstić information content (AvgIpc) is 2.70. The number of nitro benzene ring substituents is 1. The van der Waals surface area contributed by atoms with Crippen LogP contribution >= 0.6 is 0 Å². The topological polar surface area (TPSA) is 90.7 Å². The highest BCUT2D eigenvalue weighted by Gasteiger charge is 2.14. The molecule has 1 N–H and O–H groups in total. The van der Waals surface area contributed by atoms with Crippen LogP contribution in [0.15, 0.2) is 48.5 Å². The van der Waals surface area contributed by atoms with Gasteiger partial charge in [-0.15, -0.1) is 0 Å². The maximum absolute atomic E-state index is 12.2. The van der Waals surface area contributed by atoms with E-state index in [4.69, 9.17) is 9.47 Å². The van der Waals surface area contributed by atoms with Gasteiger partial charge in [0.25, 0.3) is 5.69 Å². The third-order valence-electron chi connectivity index (χ3n) is 4.07. The van der Waals surface area contributed by atoms with Crippen molar-refractivity contribution in [2.24, 2.45) is 0 Å². The van der Waals surface area contributed by atoms with Crippen LogP contribution in [0, 0.1) is 10.1 Å². The van der Waals surface area contributed by atoms with Crippen LogP contribution in [0.1, 0.15) is 30.5 Å². The first-order chi connectivity index (χ1) is 13.0. The number of nitrogens with zero attached hydrogens (tertiary/aromatic N) is 1. The molecule has 1 amide bonds. The Bertz CT molecular complexity index is 831. The predicted octanol–water partition coefficient (Wildman–Crippen LogP) is 3.89. The highest BCUT2D eigenvalue weighted by atomic mass is 16.6. The second kappa shape index (κ2) is 9.38. The van der Waals surface area contributed by atoms with E-state index >= 15 is 0 Å². The molecule has 0 radical (unpaired) electrons. The summed E-state index contributed by atoms with van der Waals surface area (Å²) < 4.78 is 10.5. The van der Waals surface area contributed by atoms with Gasteiger partial charge in [0.15, 0.2) is 11.5 Å². The number of ether oxygens (including phenoxy) is 2. The number of amides is 1. The Hall–Kier alpha value is -3.35. The van der Waals surface area contributed by atoms with Gasteiger partial charge in [0.1, 0.15) is 0 Å². The molecule has 0 fully saturated rings. The Balaban J connectivity index is 2.07. The number of carbonyl (C=O) groups excluding carboxylic acids is 1. The van der Waals surface area contributed by atoms with E-state index in [-0.39, 0.29) is 17.6 Å². The zero-order valence-corrected chi connectivity index (χ0v) is 15.5. The molecule has 1 atom stereocenters. The molecule has 0 aliphatic carbocycles. The smallest absolute Gasteiger partial charge is 0.269 e. The van der Waals surface area contributed by atoms with Crippen molar-refractivity contribution in [3.8, 4) is 11.5 Å². The van der Waals surface area contributed by atoms with Crippen molar-refractivity contribution in [1.29, 1.82) is 0 Å². The van der Waals surface area contributed by atoms with Crippen LogP contribution in [0.2, 0.25) is 0 Å². The second-order valence-electron chi connectivity index (χ2n) is 5.77. The fraction of sp³-hybridized carbons (Fsp3) is 0.250. The predicted molar refractivity (Wildman–Crippen MR) is 103 cm³/mol. The first kappa shape index (κ1) is 20.0. The van der Waals surface area contributed by atoms with Gasteiger partial charge in [0, 0.05) is 18.2 Å². The fourth-order valence-electron chi connectivity index (χ4n) is 2.59. The molecule has 0 aromatic heterocycles. The molecule has 142 valence electrons. The van der Waals surface area contributed by atoms with E-state index in [0.717, 1.165) is 5.56 Å². The van der Waals surface area contributed by atoms with Crippen LogP contribution in [0.3, 0.4) is 0 Å². The van der Waals surface area contributed by atoms with E-state index in [9.17, 15) is 14.9 Å². The minimum absolute atomic E-state index is 0.0103. The standard InChI is InChI=1S/C20H22N2O5/c1-4-17(15-8-11-18(26-2)19(13-15)27-3)21-20(23)12-7-14-5-9-16(10-6-14)22(24)25/h5-13,17H,4H2,1-3H3,(H,21,23)/b12-7+. The van der Waals surface area contributed by atoms with E-state index in [2.05, 4.69) is 5.32 Å². The Kier molecular flexibility index (Phi) is 6.93. The Morgan fingerprint density at radius 1 is 1.15 bits per heavy atom. The van der Waals surface area contributed by atoms with E-state index in [1.54, 1.807) is 38.5 Å². The summed E-state index contributed by atoms with van der Waals surface area (Å²) in [5, 5.41) is 13.6. The molecule has 27 heavy (non-hydrogen) atoms. The van der Waals surface area contributed by atoms with Crippen molar-refractivity contribution in [3.63, 3.8) is 0 Å². The number of hydrogen-bond acceptors (Lipinski definition) is 5. The van der Waals surface area contributed by atoms with Gasteiger partial charge < -0.3 is 14.8 Å². The maximum Gasteiger partial charge on any atom is 0.269 e. The summed E-state index contributed by atoms with van der Waals surface area (Å²) in [4.78, 5) is 22.4. The zero-order chi connectivity index (χ0) is 19.8. The van der Waals surface area contributed by atoms with E-state index < -0.39 is 4.92 Å². The number of non-ortho nitro benzene ring substituents is 1. The Morgan fingerprint density at radius 2 is 1.81 bits per heavy atom. The molecule has 2 aromatic carbocycles. The van der Waals surface area contributed by atoms with Gasteiger partial charge in [-0.05, 0) is 47.9 Å². The van der Waals surface area contributed by atoms with Crippen molar-refractivity contribution in [1.82, 2.24) is 5.32 Å². The van der Waals surface area contributed by atoms with Crippen LogP contribution in [-0.4, -0.2) is 25.1 Å². The summed E-state index contributed by atoms with van der Waals surface area (Å²) in [5.41, 5.74) is 1.62. The number of carbonyl (C=O) groups is 1. The van der Waals surface area contributed by atoms with Gasteiger partial charge in [-0.1, -0.05) is 13.0 Å². The molecule has 0 spiro atoms. The van der Waals surface area contributed by atoms with Crippen LogP contribution in [0.5, 0.6) is 11.5 Å². The summed E-state index contributed by atoms with van der Waals surface area (Å²) in [6, 6.07) is 11.3. The van der Waals surface area contributed by atoms with Crippen molar-refractivity contribution in [2.75, 3.05) is 14.2 Å². The Morgan fingerprint density at radius 3 is 2.37 bits per heavy atom. The van der Waals surface area contributed by atoms with Crippen LogP contribution in [0.4, 0.5) is 5.69 Å². The van der Waals surface area contributed by atoms with E-state index in [0.29, 0.717) is 23.5 Å². The third kappa shape index (κ3) is 5.31. The molecule has 0 bridgehead atoms. The van der Waals surface area contributed by atoms with Crippen molar-refractivity contribution in [3.05, 3.63) is 69.8 Å². The summed E-state index contributed by atoms with van der Waals surface area (Å²) >= 11 is 0. The van der Waals surface area contributed by atoms with E-state index in [1.807, 2.05) is 19.1 Å². The molecule has 1 unspecified atom stereocenters. The number of benzene rings is 2. The number of nitro groups is 1. The zero-order valence-electron chi connectivity index (χ0n) is 15.5. The molecule has 0 aliphatic rings. The van der Waals surface area contributed by atoms with Crippen LogP contribution in [-0.2, 0) is 4.79 Å². The minimum atomic E-state index is -0.463. The lowest BCUT2D eigenvalue weighted by Crippen LogP contribution is -2.26. The molecule has 0 heterocycles. The summed E-state index contributed by atoms with van der Waals surface area (Å²) in [6.07, 6.45) is 3.72. The van der Waals surface area contributed by atoms with Gasteiger partial charge in [-0.25, -0.2) is 0 Å². The average molecular weight is 370 g/mol. The molecule has 7 heteroatoms. The van der Waals surface area contributed by atoms with Crippen LogP contribution in [0.25, 0.3) is 6.08 Å². The second-order valence-corrected chi connectivity index (χ2v) is 5.77. The van der Waals surface area contributed by atoms with Gasteiger partial charge in [0.05, 0.1) is 25.2 Å². The molecule has 0 saturated carbocycles. The number of methoxy groups -OCH3 is 2. The third-order valence-corrected chi connectivity index (χ3v) is 4.07. The van der Waals surface area contributed by atoms with Gasteiger partial charge >= 0.3 is 0 Å². The van der Waals surface area contributed by atoms with Gasteiger partial charge in [-0.2, -0.15) is 0 Å². The highest BCUT2D eigenvalue weighted by Crippen LogP contribution is 2.30. The van der Waals surface area contributed by atoms with Crippen molar-refractivity contribution in [2.45, 2.75) is 19.4 Å². The molecule has 7 nitrogen and oxygen atoms in total. The number of rotatable bonds is 8. The van der Waals surface area contributed by atoms with Crippen molar-refractivity contribution >= 4 is 17.7 Å². The lowest BCUT2D eigenvalue weighted by molar-refractivity contribution is -0.384. The molecule has 0 saturated heterocycles. The molecular formula is C20H22N2O5. The normalized spacial score (nSPS) is 11.8. The van der Waals surface area contributed by atoms with E-state index in [1.165, 1.54) is 18.2 Å². The fourth-order valence-corrected chi connectivity index (χ4v) is 2.59. The summed E-state index contributed by atoms with van der Waals surface area (Å²) in [6.45, 7) is 1.97. The first-order valence-corrected chi connectivity index (χ1v) is 8.43. The molecular weight excluding hydrogens is 348 g/mol. The lowest BCUT2D eigenvalue weighted by atomic mass is 10.0.